The van der Waals surface area contributed by atoms with E-state index in [1.54, 1.807) is 4.68 Å². The van der Waals surface area contributed by atoms with Crippen LogP contribution in [0.5, 0.6) is 0 Å². The summed E-state index contributed by atoms with van der Waals surface area (Å²) in [6.45, 7) is 6.66. The van der Waals surface area contributed by atoms with Crippen LogP contribution in [-0.2, 0) is 0 Å². The molecular formula is C11H16N6. The minimum Gasteiger partial charge on any atom is -0.393 e. The molecule has 2 heterocycles. The van der Waals surface area contributed by atoms with Gasteiger partial charge in [0.1, 0.15) is 12.0 Å². The van der Waals surface area contributed by atoms with E-state index in [2.05, 4.69) is 20.4 Å². The summed E-state index contributed by atoms with van der Waals surface area (Å²) >= 11 is 0. The molecule has 0 atom stereocenters. The monoisotopic (exact) mass is 232 g/mol. The molecule has 0 radical (unpaired) electrons. The Morgan fingerprint density at radius 1 is 1.35 bits per heavy atom. The van der Waals surface area contributed by atoms with Gasteiger partial charge in [-0.1, -0.05) is 0 Å². The summed E-state index contributed by atoms with van der Waals surface area (Å²) in [5.74, 6) is 1.26. The van der Waals surface area contributed by atoms with Crippen molar-refractivity contribution in [2.45, 2.75) is 20.8 Å². The summed E-state index contributed by atoms with van der Waals surface area (Å²) in [4.78, 5) is 8.29. The van der Waals surface area contributed by atoms with Gasteiger partial charge in [-0.15, -0.1) is 0 Å². The van der Waals surface area contributed by atoms with Crippen molar-refractivity contribution < 1.29 is 0 Å². The number of hydrogen-bond acceptors (Lipinski definition) is 5. The number of hydrogen-bond donors (Lipinski definition) is 2. The summed E-state index contributed by atoms with van der Waals surface area (Å²) < 4.78 is 1.73. The van der Waals surface area contributed by atoms with Gasteiger partial charge in [0.25, 0.3) is 0 Å². The lowest BCUT2D eigenvalue weighted by Gasteiger charge is -2.10. The average Bonchev–Trinajstić information content (AvgIpc) is 2.61. The lowest BCUT2D eigenvalue weighted by atomic mass is 10.4. The molecule has 2 aromatic rings. The van der Waals surface area contributed by atoms with E-state index in [4.69, 9.17) is 5.73 Å². The van der Waals surface area contributed by atoms with Crippen LogP contribution in [0.3, 0.4) is 0 Å². The number of nitrogens with two attached hydrogens (primary N) is 1. The summed E-state index contributed by atoms with van der Waals surface area (Å²) in [7, 11) is 0. The minimum atomic E-state index is 0.514. The second kappa shape index (κ2) is 4.40. The van der Waals surface area contributed by atoms with Gasteiger partial charge in [-0.3, -0.25) is 0 Å². The SMILES string of the molecule is CCNc1ncnc(-n2nc(C)cc2C)c1N. The van der Waals surface area contributed by atoms with E-state index in [0.717, 1.165) is 17.9 Å². The van der Waals surface area contributed by atoms with Crippen molar-refractivity contribution >= 4 is 11.5 Å². The van der Waals surface area contributed by atoms with Crippen molar-refractivity contribution in [3.63, 3.8) is 0 Å². The molecule has 0 fully saturated rings. The molecule has 0 aromatic carbocycles. The number of nitrogens with one attached hydrogen (secondary N) is 1. The quantitative estimate of drug-likeness (QED) is 0.833. The number of nitrogens with zero attached hydrogens (tertiary/aromatic N) is 4. The molecule has 0 bridgehead atoms. The number of aromatic nitrogens is 4. The lowest BCUT2D eigenvalue weighted by Crippen LogP contribution is -2.11. The van der Waals surface area contributed by atoms with Gasteiger partial charge in [-0.2, -0.15) is 5.10 Å². The van der Waals surface area contributed by atoms with Crippen LogP contribution in [0.1, 0.15) is 18.3 Å². The van der Waals surface area contributed by atoms with Crippen molar-refractivity contribution in [1.82, 2.24) is 19.7 Å². The molecule has 0 saturated carbocycles. The molecule has 2 rings (SSSR count). The van der Waals surface area contributed by atoms with E-state index < -0.39 is 0 Å². The van der Waals surface area contributed by atoms with Crippen LogP contribution in [0, 0.1) is 13.8 Å². The molecule has 0 aliphatic heterocycles. The Balaban J connectivity index is 2.52. The second-order valence-electron chi connectivity index (χ2n) is 3.83. The molecule has 17 heavy (non-hydrogen) atoms. The van der Waals surface area contributed by atoms with Crippen molar-refractivity contribution in [3.05, 3.63) is 23.8 Å². The maximum absolute atomic E-state index is 6.03. The van der Waals surface area contributed by atoms with Crippen LogP contribution >= 0.6 is 0 Å². The number of nitrogen functional groups attached to an aromatic ring is 1. The lowest BCUT2D eigenvalue weighted by molar-refractivity contribution is 0.804. The van der Waals surface area contributed by atoms with Crippen LogP contribution in [-0.4, -0.2) is 26.3 Å². The first-order valence-corrected chi connectivity index (χ1v) is 5.51. The minimum absolute atomic E-state index is 0.514. The molecule has 0 unspecified atom stereocenters. The Labute approximate surface area is 99.9 Å². The molecule has 2 aromatic heterocycles. The third kappa shape index (κ3) is 2.06. The molecule has 90 valence electrons. The number of rotatable bonds is 3. The van der Waals surface area contributed by atoms with Crippen molar-refractivity contribution in [3.8, 4) is 5.82 Å². The standard InChI is InChI=1S/C11H16N6/c1-4-13-10-9(12)11(15-6-14-10)17-8(3)5-7(2)16-17/h5-6H,4,12H2,1-3H3,(H,13,14,15). The molecule has 0 saturated heterocycles. The van der Waals surface area contributed by atoms with Crippen molar-refractivity contribution in [2.75, 3.05) is 17.6 Å². The molecule has 0 aliphatic rings. The van der Waals surface area contributed by atoms with E-state index in [1.807, 2.05) is 26.8 Å². The van der Waals surface area contributed by atoms with Gasteiger partial charge in [-0.05, 0) is 26.8 Å². The van der Waals surface area contributed by atoms with Crippen molar-refractivity contribution in [2.24, 2.45) is 0 Å². The van der Waals surface area contributed by atoms with E-state index in [-0.39, 0.29) is 0 Å². The van der Waals surface area contributed by atoms with Crippen LogP contribution in [0.25, 0.3) is 5.82 Å². The Hall–Kier alpha value is -2.11. The molecule has 3 N–H and O–H groups in total. The molecule has 6 heteroatoms. The maximum atomic E-state index is 6.03. The van der Waals surface area contributed by atoms with E-state index in [1.165, 1.54) is 6.33 Å². The number of aryl methyl sites for hydroxylation is 2. The van der Waals surface area contributed by atoms with E-state index in [9.17, 15) is 0 Å². The Bertz CT molecular complexity index is 531. The fourth-order valence-corrected chi connectivity index (χ4v) is 1.71. The van der Waals surface area contributed by atoms with Gasteiger partial charge in [0.05, 0.1) is 5.69 Å². The summed E-state index contributed by atoms with van der Waals surface area (Å²) in [6, 6.07) is 1.98. The number of anilines is 2. The summed E-state index contributed by atoms with van der Waals surface area (Å²) in [5, 5.41) is 7.46. The fraction of sp³-hybridized carbons (Fsp3) is 0.364. The van der Waals surface area contributed by atoms with Crippen LogP contribution in [0.2, 0.25) is 0 Å². The summed E-state index contributed by atoms with van der Waals surface area (Å²) in [6.07, 6.45) is 1.49. The second-order valence-corrected chi connectivity index (χ2v) is 3.83. The Morgan fingerprint density at radius 3 is 2.71 bits per heavy atom. The van der Waals surface area contributed by atoms with Gasteiger partial charge in [0, 0.05) is 12.2 Å². The first-order chi connectivity index (χ1) is 8.13. The third-order valence-corrected chi connectivity index (χ3v) is 2.42. The predicted octanol–water partition coefficient (Wildman–Crippen LogP) is 1.29. The van der Waals surface area contributed by atoms with Crippen LogP contribution in [0.4, 0.5) is 11.5 Å². The largest absolute Gasteiger partial charge is 0.393 e. The average molecular weight is 232 g/mol. The van der Waals surface area contributed by atoms with Gasteiger partial charge in [0.2, 0.25) is 0 Å². The Kier molecular flexibility index (Phi) is 2.95. The topological polar surface area (TPSA) is 81.7 Å². The zero-order valence-corrected chi connectivity index (χ0v) is 10.2. The Morgan fingerprint density at radius 2 is 2.12 bits per heavy atom. The van der Waals surface area contributed by atoms with Gasteiger partial charge in [-0.25, -0.2) is 14.6 Å². The molecule has 0 aliphatic carbocycles. The highest BCUT2D eigenvalue weighted by Gasteiger charge is 2.12. The summed E-state index contributed by atoms with van der Waals surface area (Å²) in [5.41, 5.74) is 8.48. The zero-order chi connectivity index (χ0) is 12.4. The van der Waals surface area contributed by atoms with Gasteiger partial charge < -0.3 is 11.1 Å². The zero-order valence-electron chi connectivity index (χ0n) is 10.2. The van der Waals surface area contributed by atoms with Gasteiger partial charge >= 0.3 is 0 Å². The highest BCUT2D eigenvalue weighted by molar-refractivity contribution is 5.69. The predicted molar refractivity (Wildman–Crippen MR) is 67.2 cm³/mol. The fourth-order valence-electron chi connectivity index (χ4n) is 1.71. The smallest absolute Gasteiger partial charge is 0.182 e. The molecular weight excluding hydrogens is 216 g/mol. The normalized spacial score (nSPS) is 10.5. The van der Waals surface area contributed by atoms with E-state index in [0.29, 0.717) is 17.3 Å². The third-order valence-electron chi connectivity index (χ3n) is 2.42. The van der Waals surface area contributed by atoms with E-state index >= 15 is 0 Å². The van der Waals surface area contributed by atoms with Crippen LogP contribution in [0.15, 0.2) is 12.4 Å². The molecule has 0 amide bonds. The first-order valence-electron chi connectivity index (χ1n) is 5.51. The highest BCUT2D eigenvalue weighted by Crippen LogP contribution is 2.22. The van der Waals surface area contributed by atoms with Crippen molar-refractivity contribution in [1.29, 1.82) is 0 Å². The van der Waals surface area contributed by atoms with Gasteiger partial charge in [0.15, 0.2) is 11.6 Å². The maximum Gasteiger partial charge on any atom is 0.182 e. The highest BCUT2D eigenvalue weighted by atomic mass is 15.3. The molecule has 0 spiro atoms. The first kappa shape index (κ1) is 11.4. The van der Waals surface area contributed by atoms with Crippen LogP contribution < -0.4 is 11.1 Å². The molecule has 6 nitrogen and oxygen atoms in total.